The number of H-pyrrole nitrogens is 1. The van der Waals surface area contributed by atoms with E-state index in [0.717, 1.165) is 49.0 Å². The van der Waals surface area contributed by atoms with Crippen LogP contribution in [0.2, 0.25) is 0 Å². The summed E-state index contributed by atoms with van der Waals surface area (Å²) in [5.74, 6) is 0.391. The molecule has 1 aromatic carbocycles. The van der Waals surface area contributed by atoms with Gasteiger partial charge in [0.25, 0.3) is 0 Å². The summed E-state index contributed by atoms with van der Waals surface area (Å²) in [5.41, 5.74) is 4.35. The van der Waals surface area contributed by atoms with E-state index in [1.807, 2.05) is 18.2 Å². The Balaban J connectivity index is 1.58. The molecule has 1 amide bonds. The van der Waals surface area contributed by atoms with Crippen molar-refractivity contribution in [3.63, 3.8) is 0 Å². The van der Waals surface area contributed by atoms with Crippen LogP contribution < -0.4 is 5.32 Å². The number of aromatic nitrogens is 3. The lowest BCUT2D eigenvalue weighted by Gasteiger charge is -2.26. The van der Waals surface area contributed by atoms with Gasteiger partial charge in [-0.2, -0.15) is 0 Å². The van der Waals surface area contributed by atoms with Crippen molar-refractivity contribution in [2.24, 2.45) is 0 Å². The van der Waals surface area contributed by atoms with Gasteiger partial charge in [-0.15, -0.1) is 10.2 Å². The summed E-state index contributed by atoms with van der Waals surface area (Å²) in [4.78, 5) is 15.5. The third-order valence-electron chi connectivity index (χ3n) is 6.81. The van der Waals surface area contributed by atoms with Gasteiger partial charge in [-0.25, -0.2) is 0 Å². The third kappa shape index (κ3) is 4.56. The van der Waals surface area contributed by atoms with Crippen molar-refractivity contribution in [3.05, 3.63) is 54.2 Å². The summed E-state index contributed by atoms with van der Waals surface area (Å²) in [7, 11) is 0. The molecule has 2 fully saturated rings. The van der Waals surface area contributed by atoms with Crippen molar-refractivity contribution >= 4 is 16.9 Å². The summed E-state index contributed by atoms with van der Waals surface area (Å²) < 4.78 is 11.7. The Kier molecular flexibility index (Phi) is 6.60. The van der Waals surface area contributed by atoms with Crippen LogP contribution >= 0.6 is 0 Å². The highest BCUT2D eigenvalue weighted by molar-refractivity contribution is 5.87. The van der Waals surface area contributed by atoms with Crippen LogP contribution in [0.4, 0.5) is 0 Å². The second-order valence-electron chi connectivity index (χ2n) is 9.08. The van der Waals surface area contributed by atoms with E-state index < -0.39 is 0 Å². The fraction of sp³-hybridized carbons (Fsp3) is 0.423. The number of carbonyl (C=O) groups excluding carboxylic acids is 1. The molecule has 8 nitrogen and oxygen atoms in total. The molecule has 4 heterocycles. The Labute approximate surface area is 198 Å². The number of phenols is 1. The molecule has 8 heteroatoms. The number of aromatic amines is 1. The van der Waals surface area contributed by atoms with Crippen LogP contribution in [0.25, 0.3) is 22.3 Å². The minimum atomic E-state index is -0.190. The largest absolute Gasteiger partial charge is 0.507 e. The average molecular weight is 463 g/mol. The summed E-state index contributed by atoms with van der Waals surface area (Å²) in [6, 6.07) is 9.09. The number of benzene rings is 1. The molecule has 2 saturated heterocycles. The van der Waals surface area contributed by atoms with E-state index in [9.17, 15) is 9.90 Å². The number of aromatic hydroxyl groups is 1. The average Bonchev–Trinajstić information content (AvgIpc) is 3.09. The fourth-order valence-corrected chi connectivity index (χ4v) is 5.18. The van der Waals surface area contributed by atoms with E-state index in [1.54, 1.807) is 12.1 Å². The van der Waals surface area contributed by atoms with Gasteiger partial charge in [-0.1, -0.05) is 18.7 Å². The van der Waals surface area contributed by atoms with Gasteiger partial charge in [0.2, 0.25) is 5.91 Å². The zero-order valence-electron chi connectivity index (χ0n) is 19.1. The topological polar surface area (TPSA) is 109 Å². The molecule has 3 atom stereocenters. The first-order chi connectivity index (χ1) is 16.6. The molecule has 178 valence electrons. The molecular weight excluding hydrogens is 432 g/mol. The molecule has 1 unspecified atom stereocenters. The number of hydrogen-bond acceptors (Lipinski definition) is 6. The van der Waals surface area contributed by atoms with Crippen molar-refractivity contribution in [3.8, 4) is 17.0 Å². The SMILES string of the molecule is C=CC(=O)N[C@@H]1COCC[C@H](c2[nH]c3nnc(-c4ccccc4O)cc3c2C2CCCOC2)C1. The van der Waals surface area contributed by atoms with Gasteiger partial charge in [0.05, 0.1) is 24.9 Å². The minimum absolute atomic E-state index is 0.0946. The van der Waals surface area contributed by atoms with Crippen molar-refractivity contribution in [1.82, 2.24) is 20.5 Å². The number of amides is 1. The smallest absolute Gasteiger partial charge is 0.243 e. The maximum Gasteiger partial charge on any atom is 0.243 e. The number of phenolic OH excluding ortho intramolecular Hbond substituents is 1. The number of para-hydroxylation sites is 1. The second kappa shape index (κ2) is 9.95. The highest BCUT2D eigenvalue weighted by Crippen LogP contribution is 2.41. The molecule has 0 aliphatic carbocycles. The normalized spacial score (nSPS) is 23.4. The van der Waals surface area contributed by atoms with Gasteiger partial charge in [-0.05, 0) is 55.5 Å². The number of nitrogens with zero attached hydrogens (tertiary/aromatic N) is 2. The number of ether oxygens (including phenoxy) is 2. The van der Waals surface area contributed by atoms with Crippen molar-refractivity contribution in [2.45, 2.75) is 43.6 Å². The zero-order chi connectivity index (χ0) is 23.5. The van der Waals surface area contributed by atoms with E-state index in [2.05, 4.69) is 27.1 Å². The minimum Gasteiger partial charge on any atom is -0.507 e. The predicted molar refractivity (Wildman–Crippen MR) is 129 cm³/mol. The lowest BCUT2D eigenvalue weighted by atomic mass is 9.84. The van der Waals surface area contributed by atoms with E-state index in [1.165, 1.54) is 11.6 Å². The molecule has 0 radical (unpaired) electrons. The van der Waals surface area contributed by atoms with Gasteiger partial charge in [0.1, 0.15) is 5.75 Å². The quantitative estimate of drug-likeness (QED) is 0.498. The number of rotatable bonds is 5. The monoisotopic (exact) mass is 462 g/mol. The lowest BCUT2D eigenvalue weighted by Crippen LogP contribution is -2.37. The van der Waals surface area contributed by atoms with E-state index in [4.69, 9.17) is 9.47 Å². The van der Waals surface area contributed by atoms with Crippen LogP contribution in [-0.2, 0) is 14.3 Å². The Bertz CT molecular complexity index is 1180. The zero-order valence-corrected chi connectivity index (χ0v) is 19.1. The highest BCUT2D eigenvalue weighted by atomic mass is 16.5. The number of nitrogens with one attached hydrogen (secondary N) is 2. The number of carbonyl (C=O) groups is 1. The maximum atomic E-state index is 11.9. The van der Waals surface area contributed by atoms with Crippen LogP contribution in [0.3, 0.4) is 0 Å². The third-order valence-corrected chi connectivity index (χ3v) is 6.81. The fourth-order valence-electron chi connectivity index (χ4n) is 5.18. The summed E-state index contributed by atoms with van der Waals surface area (Å²) in [6.45, 7) is 6.11. The number of hydrogen-bond donors (Lipinski definition) is 3. The van der Waals surface area contributed by atoms with E-state index in [-0.39, 0.29) is 29.5 Å². The molecule has 0 bridgehead atoms. The first kappa shape index (κ1) is 22.6. The molecule has 34 heavy (non-hydrogen) atoms. The van der Waals surface area contributed by atoms with Gasteiger partial charge >= 0.3 is 0 Å². The molecular formula is C26H30N4O4. The predicted octanol–water partition coefficient (Wildman–Crippen LogP) is 3.79. The lowest BCUT2D eigenvalue weighted by molar-refractivity contribution is -0.117. The standard InChI is InChI=1S/C26H30N4O4/c1-2-23(32)27-18-12-16(9-11-34-15-18)25-24(17-6-5-10-33-14-17)20-13-21(29-30-26(20)28-25)19-7-3-4-8-22(19)31/h2-4,7-8,13,16-18,31H,1,5-6,9-12,14-15H2,(H,27,32)(H,28,30)/t16-,17?,18-/m0/s1. The Morgan fingerprint density at radius 1 is 1.15 bits per heavy atom. The summed E-state index contributed by atoms with van der Waals surface area (Å²) in [5, 5.41) is 23.3. The van der Waals surface area contributed by atoms with Crippen LogP contribution in [0.15, 0.2) is 43.0 Å². The van der Waals surface area contributed by atoms with Gasteiger partial charge in [0, 0.05) is 41.7 Å². The van der Waals surface area contributed by atoms with Crippen LogP contribution in [-0.4, -0.2) is 58.7 Å². The Morgan fingerprint density at radius 2 is 2.00 bits per heavy atom. The molecule has 0 spiro atoms. The Morgan fingerprint density at radius 3 is 2.79 bits per heavy atom. The molecule has 5 rings (SSSR count). The number of fused-ring (bicyclic) bond motifs is 1. The first-order valence-corrected chi connectivity index (χ1v) is 11.9. The van der Waals surface area contributed by atoms with Crippen LogP contribution in [0.5, 0.6) is 5.75 Å². The first-order valence-electron chi connectivity index (χ1n) is 11.9. The summed E-state index contributed by atoms with van der Waals surface area (Å²) in [6.07, 6.45) is 4.94. The van der Waals surface area contributed by atoms with Gasteiger partial charge < -0.3 is 24.9 Å². The molecule has 3 aromatic rings. The molecule has 2 aromatic heterocycles. The van der Waals surface area contributed by atoms with Gasteiger partial charge in [-0.3, -0.25) is 4.79 Å². The molecule has 2 aliphatic rings. The van der Waals surface area contributed by atoms with Crippen molar-refractivity contribution < 1.29 is 19.4 Å². The second-order valence-corrected chi connectivity index (χ2v) is 9.08. The van der Waals surface area contributed by atoms with Crippen molar-refractivity contribution in [1.29, 1.82) is 0 Å². The highest BCUT2D eigenvalue weighted by Gasteiger charge is 2.31. The molecule has 0 saturated carbocycles. The Hall–Kier alpha value is -3.23. The molecule has 2 aliphatic heterocycles. The van der Waals surface area contributed by atoms with Gasteiger partial charge in [0.15, 0.2) is 5.65 Å². The van der Waals surface area contributed by atoms with E-state index >= 15 is 0 Å². The maximum absolute atomic E-state index is 11.9. The van der Waals surface area contributed by atoms with E-state index in [0.29, 0.717) is 31.1 Å². The van der Waals surface area contributed by atoms with Crippen LogP contribution in [0.1, 0.15) is 48.8 Å². The van der Waals surface area contributed by atoms with Crippen LogP contribution in [0, 0.1) is 0 Å². The van der Waals surface area contributed by atoms with Crippen molar-refractivity contribution in [2.75, 3.05) is 26.4 Å². The summed E-state index contributed by atoms with van der Waals surface area (Å²) >= 11 is 0. The molecule has 3 N–H and O–H groups in total.